The number of nitrogens with zero attached hydrogens (tertiary/aromatic N) is 1. The van der Waals surface area contributed by atoms with Crippen molar-refractivity contribution < 1.29 is 36.8 Å². The van der Waals surface area contributed by atoms with Crippen molar-refractivity contribution in [2.75, 3.05) is 19.7 Å². The van der Waals surface area contributed by atoms with Crippen LogP contribution in [0.4, 0.5) is 9.59 Å². The number of aliphatic hydroxyl groups excluding tert-OH is 1. The van der Waals surface area contributed by atoms with E-state index in [0.29, 0.717) is 0 Å². The van der Waals surface area contributed by atoms with Gasteiger partial charge in [0.15, 0.2) is 0 Å². The van der Waals surface area contributed by atoms with Gasteiger partial charge < -0.3 is 24.8 Å². The van der Waals surface area contributed by atoms with Crippen molar-refractivity contribution in [3.05, 3.63) is 29.8 Å². The van der Waals surface area contributed by atoms with Gasteiger partial charge in [0.2, 0.25) is 0 Å². The van der Waals surface area contributed by atoms with Crippen LogP contribution in [0.25, 0.3) is 0 Å². The predicted molar refractivity (Wildman–Crippen MR) is 139 cm³/mol. The zero-order chi connectivity index (χ0) is 28.2. The number of rotatable bonds is 7. The zero-order valence-electron chi connectivity index (χ0n) is 23.2. The third kappa shape index (κ3) is 9.15. The van der Waals surface area contributed by atoms with Gasteiger partial charge in [-0.05, 0) is 80.4 Å². The Balaban J connectivity index is 2.32. The average Bonchev–Trinajstić information content (AvgIpc) is 2.74. The van der Waals surface area contributed by atoms with Crippen LogP contribution in [-0.4, -0.2) is 73.7 Å². The molecule has 0 bridgehead atoms. The summed E-state index contributed by atoms with van der Waals surface area (Å²) in [7, 11) is -4.12. The van der Waals surface area contributed by atoms with Gasteiger partial charge in [0.25, 0.3) is 10.1 Å². The normalized spacial score (nSPS) is 18.0. The first-order valence-electron chi connectivity index (χ1n) is 12.5. The number of aryl methyl sites for hydroxylation is 1. The number of carbonyl (C=O) groups excluding carboxylic acids is 2. The molecule has 1 fully saturated rings. The lowest BCUT2D eigenvalue weighted by Crippen LogP contribution is -2.60. The number of hydrogen-bond donors (Lipinski definition) is 2. The summed E-state index contributed by atoms with van der Waals surface area (Å²) in [5.41, 5.74) is -1.55. The van der Waals surface area contributed by atoms with E-state index in [2.05, 4.69) is 5.32 Å². The van der Waals surface area contributed by atoms with Crippen LogP contribution in [0.3, 0.4) is 0 Å². The molecule has 1 heterocycles. The van der Waals surface area contributed by atoms with Crippen molar-refractivity contribution in [2.24, 2.45) is 5.41 Å². The second kappa shape index (κ2) is 11.6. The van der Waals surface area contributed by atoms with E-state index in [1.165, 1.54) is 24.0 Å². The molecule has 210 valence electrons. The molecule has 0 saturated carbocycles. The van der Waals surface area contributed by atoms with Crippen LogP contribution in [0.5, 0.6) is 0 Å². The van der Waals surface area contributed by atoms with Gasteiger partial charge in [0.1, 0.15) is 11.2 Å². The molecular weight excluding hydrogens is 500 g/mol. The topological polar surface area (TPSA) is 131 Å². The van der Waals surface area contributed by atoms with Gasteiger partial charge in [-0.25, -0.2) is 9.59 Å². The highest BCUT2D eigenvalue weighted by molar-refractivity contribution is 7.86. The van der Waals surface area contributed by atoms with Crippen LogP contribution in [-0.2, 0) is 23.8 Å². The minimum atomic E-state index is -4.12. The summed E-state index contributed by atoms with van der Waals surface area (Å²) in [5.74, 6) is 0. The highest BCUT2D eigenvalue weighted by Crippen LogP contribution is 2.38. The molecule has 10 nitrogen and oxygen atoms in total. The molecule has 0 spiro atoms. The lowest BCUT2D eigenvalue weighted by molar-refractivity contribution is -0.0337. The summed E-state index contributed by atoms with van der Waals surface area (Å²) in [5, 5.41) is 13.4. The number of nitrogens with one attached hydrogen (secondary N) is 1. The largest absolute Gasteiger partial charge is 0.444 e. The maximum atomic E-state index is 13.0. The standard InChI is InChI=1S/C26H42N2O8S/c1-18-9-11-20(12-10-18)37(32,33)34-17-26(21(19(2)29)27-22(30)35-24(3,4)5)13-15-28(16-14-26)23(31)36-25(6,7)8/h9-12,19,21,29H,13-17H2,1-8H3,(H,27,30)/t19-,21+/m0/s1. The van der Waals surface area contributed by atoms with Crippen LogP contribution in [0.1, 0.15) is 66.9 Å². The summed E-state index contributed by atoms with van der Waals surface area (Å²) >= 11 is 0. The zero-order valence-corrected chi connectivity index (χ0v) is 24.0. The first kappa shape index (κ1) is 30.9. The van der Waals surface area contributed by atoms with Gasteiger partial charge in [-0.2, -0.15) is 8.42 Å². The number of ether oxygens (including phenoxy) is 2. The first-order chi connectivity index (χ1) is 16.8. The minimum Gasteiger partial charge on any atom is -0.444 e. The van der Waals surface area contributed by atoms with E-state index in [-0.39, 0.29) is 37.4 Å². The van der Waals surface area contributed by atoms with E-state index in [9.17, 15) is 23.1 Å². The van der Waals surface area contributed by atoms with Gasteiger partial charge >= 0.3 is 12.2 Å². The van der Waals surface area contributed by atoms with E-state index < -0.39 is 51.1 Å². The fourth-order valence-corrected chi connectivity index (χ4v) is 5.19. The Kier molecular flexibility index (Phi) is 9.65. The lowest BCUT2D eigenvalue weighted by Gasteiger charge is -2.47. The second-order valence-electron chi connectivity index (χ2n) is 11.7. The van der Waals surface area contributed by atoms with Crippen LogP contribution >= 0.6 is 0 Å². The minimum absolute atomic E-state index is 0.00754. The van der Waals surface area contributed by atoms with Gasteiger partial charge in [0.05, 0.1) is 23.6 Å². The van der Waals surface area contributed by atoms with Gasteiger partial charge in [-0.15, -0.1) is 0 Å². The third-order valence-corrected chi connectivity index (χ3v) is 7.31. The number of aliphatic hydroxyl groups is 1. The molecule has 0 aromatic heterocycles. The number of amides is 2. The van der Waals surface area contributed by atoms with Crippen molar-refractivity contribution >= 4 is 22.3 Å². The predicted octanol–water partition coefficient (Wildman–Crippen LogP) is 3.99. The molecule has 2 atom stereocenters. The van der Waals surface area contributed by atoms with E-state index >= 15 is 0 Å². The molecule has 11 heteroatoms. The van der Waals surface area contributed by atoms with Crippen molar-refractivity contribution in [1.29, 1.82) is 0 Å². The van der Waals surface area contributed by atoms with Crippen molar-refractivity contribution in [2.45, 2.75) is 96.5 Å². The molecule has 0 aliphatic carbocycles. The molecule has 37 heavy (non-hydrogen) atoms. The fourth-order valence-electron chi connectivity index (χ4n) is 4.19. The summed E-state index contributed by atoms with van der Waals surface area (Å²) in [4.78, 5) is 26.8. The number of benzene rings is 1. The van der Waals surface area contributed by atoms with Crippen LogP contribution in [0, 0.1) is 12.3 Å². The van der Waals surface area contributed by atoms with Crippen molar-refractivity contribution in [3.63, 3.8) is 0 Å². The molecule has 1 aromatic carbocycles. The summed E-state index contributed by atoms with van der Waals surface area (Å²) in [6.45, 7) is 14.0. The van der Waals surface area contributed by atoms with E-state index in [4.69, 9.17) is 13.7 Å². The maximum Gasteiger partial charge on any atom is 0.410 e. The summed E-state index contributed by atoms with van der Waals surface area (Å²) in [6, 6.07) is 5.37. The number of hydrogen-bond acceptors (Lipinski definition) is 8. The number of alkyl carbamates (subject to hydrolysis) is 1. The van der Waals surface area contributed by atoms with E-state index in [0.717, 1.165) is 5.56 Å². The Morgan fingerprint density at radius 2 is 1.54 bits per heavy atom. The molecule has 1 aliphatic rings. The molecule has 1 aliphatic heterocycles. The Morgan fingerprint density at radius 3 is 2.00 bits per heavy atom. The van der Waals surface area contributed by atoms with Crippen molar-refractivity contribution in [3.8, 4) is 0 Å². The molecule has 2 amide bonds. The Morgan fingerprint density at radius 1 is 1.03 bits per heavy atom. The van der Waals surface area contributed by atoms with Crippen molar-refractivity contribution in [1.82, 2.24) is 10.2 Å². The molecule has 0 radical (unpaired) electrons. The Hall–Kier alpha value is -2.37. The maximum absolute atomic E-state index is 13.0. The Bertz CT molecular complexity index is 1030. The van der Waals surface area contributed by atoms with Crippen LogP contribution in [0.2, 0.25) is 0 Å². The summed E-state index contributed by atoms with van der Waals surface area (Å²) in [6.07, 6.45) is -1.79. The molecule has 2 N–H and O–H groups in total. The molecule has 0 unspecified atom stereocenters. The lowest BCUT2D eigenvalue weighted by atomic mass is 9.71. The fraction of sp³-hybridized carbons (Fsp3) is 0.692. The Labute approximate surface area is 220 Å². The first-order valence-corrected chi connectivity index (χ1v) is 13.9. The molecular formula is C26H42N2O8S. The van der Waals surface area contributed by atoms with E-state index in [1.54, 1.807) is 53.7 Å². The van der Waals surface area contributed by atoms with E-state index in [1.807, 2.05) is 6.92 Å². The highest BCUT2D eigenvalue weighted by Gasteiger charge is 2.47. The smallest absolute Gasteiger partial charge is 0.410 e. The number of likely N-dealkylation sites (tertiary alicyclic amines) is 1. The SMILES string of the molecule is Cc1ccc(S(=O)(=O)OCC2([C@H](NC(=O)OC(C)(C)C)[C@H](C)O)CCN(C(=O)OC(C)(C)C)CC2)cc1. The van der Waals surface area contributed by atoms with Crippen LogP contribution in [0.15, 0.2) is 29.2 Å². The summed E-state index contributed by atoms with van der Waals surface area (Å²) < 4.78 is 42.3. The monoisotopic (exact) mass is 542 g/mol. The number of carbonyl (C=O) groups is 2. The average molecular weight is 543 g/mol. The van der Waals surface area contributed by atoms with Gasteiger partial charge in [-0.3, -0.25) is 4.18 Å². The van der Waals surface area contributed by atoms with Crippen LogP contribution < -0.4 is 5.32 Å². The quantitative estimate of drug-likeness (QED) is 0.495. The van der Waals surface area contributed by atoms with Gasteiger partial charge in [-0.1, -0.05) is 17.7 Å². The molecule has 1 aromatic rings. The molecule has 1 saturated heterocycles. The second-order valence-corrected chi connectivity index (χ2v) is 13.3. The third-order valence-electron chi connectivity index (χ3n) is 6.04. The number of piperidine rings is 1. The molecule has 2 rings (SSSR count). The highest BCUT2D eigenvalue weighted by atomic mass is 32.2. The van der Waals surface area contributed by atoms with Gasteiger partial charge in [0, 0.05) is 18.5 Å².